The average molecular weight is 378 g/mol. The Labute approximate surface area is 157 Å². The minimum Gasteiger partial charge on any atom is -0.367 e. The summed E-state index contributed by atoms with van der Waals surface area (Å²) in [6, 6.07) is 9.15. The lowest BCUT2D eigenvalue weighted by molar-refractivity contribution is 0.102. The van der Waals surface area contributed by atoms with Crippen LogP contribution in [0.3, 0.4) is 0 Å². The molecule has 2 unspecified atom stereocenters. The van der Waals surface area contributed by atoms with E-state index in [1.165, 1.54) is 25.7 Å². The summed E-state index contributed by atoms with van der Waals surface area (Å²) in [7, 11) is 0. The van der Waals surface area contributed by atoms with Crippen molar-refractivity contribution in [1.29, 1.82) is 0 Å². The summed E-state index contributed by atoms with van der Waals surface area (Å²) in [5.74, 6) is 1.13. The molecule has 1 amide bonds. The molecule has 1 saturated carbocycles. The Hall–Kier alpha value is -1.78. The van der Waals surface area contributed by atoms with Crippen LogP contribution < -0.4 is 10.6 Å². The summed E-state index contributed by atoms with van der Waals surface area (Å²) >= 11 is 12.1. The Morgan fingerprint density at radius 1 is 1.12 bits per heavy atom. The van der Waals surface area contributed by atoms with Gasteiger partial charge >= 0.3 is 0 Å². The molecule has 4 nitrogen and oxygen atoms in total. The van der Waals surface area contributed by atoms with Crippen molar-refractivity contribution in [2.24, 2.45) is 5.92 Å². The third-order valence-electron chi connectivity index (χ3n) is 4.66. The van der Waals surface area contributed by atoms with Crippen molar-refractivity contribution in [1.82, 2.24) is 4.98 Å². The molecule has 0 aliphatic heterocycles. The first-order valence-electron chi connectivity index (χ1n) is 8.52. The molecular weight excluding hydrogens is 357 g/mol. The van der Waals surface area contributed by atoms with Crippen LogP contribution in [0.25, 0.3) is 0 Å². The number of aromatic nitrogens is 1. The molecule has 1 fully saturated rings. The van der Waals surface area contributed by atoms with E-state index in [-0.39, 0.29) is 11.5 Å². The van der Waals surface area contributed by atoms with Crippen molar-refractivity contribution < 1.29 is 4.79 Å². The largest absolute Gasteiger partial charge is 0.367 e. The average Bonchev–Trinajstić information content (AvgIpc) is 2.58. The third kappa shape index (κ3) is 4.44. The fraction of sp³-hybridized carbons (Fsp3) is 0.368. The van der Waals surface area contributed by atoms with Gasteiger partial charge in [-0.1, -0.05) is 49.0 Å². The molecule has 132 valence electrons. The van der Waals surface area contributed by atoms with Gasteiger partial charge in [0, 0.05) is 6.04 Å². The number of pyridine rings is 1. The summed E-state index contributed by atoms with van der Waals surface area (Å²) in [6.45, 7) is 2.28. The lowest BCUT2D eigenvalue weighted by atomic mass is 9.86. The maximum atomic E-state index is 12.4. The Kier molecular flexibility index (Phi) is 5.82. The van der Waals surface area contributed by atoms with E-state index < -0.39 is 0 Å². The van der Waals surface area contributed by atoms with Crippen LogP contribution in [0.4, 0.5) is 11.5 Å². The maximum Gasteiger partial charge on any atom is 0.258 e. The molecule has 0 bridgehead atoms. The van der Waals surface area contributed by atoms with Crippen LogP contribution in [-0.4, -0.2) is 16.9 Å². The number of hydrogen-bond acceptors (Lipinski definition) is 3. The number of nitrogens with zero attached hydrogens (tertiary/aromatic N) is 1. The molecule has 1 aromatic heterocycles. The summed E-state index contributed by atoms with van der Waals surface area (Å²) in [6.07, 6.45) is 6.63. The molecule has 3 rings (SSSR count). The van der Waals surface area contributed by atoms with Crippen LogP contribution in [0, 0.1) is 5.92 Å². The molecule has 6 heteroatoms. The zero-order valence-electron chi connectivity index (χ0n) is 14.1. The minimum atomic E-state index is -0.348. The van der Waals surface area contributed by atoms with Gasteiger partial charge in [-0.05, 0) is 43.0 Å². The highest BCUT2D eigenvalue weighted by atomic mass is 35.5. The molecule has 1 heterocycles. The second-order valence-electron chi connectivity index (χ2n) is 6.50. The van der Waals surface area contributed by atoms with Gasteiger partial charge in [-0.15, -0.1) is 0 Å². The Balaban J connectivity index is 1.65. The number of rotatable bonds is 4. The van der Waals surface area contributed by atoms with Gasteiger partial charge in [0.1, 0.15) is 5.82 Å². The van der Waals surface area contributed by atoms with E-state index in [1.807, 2.05) is 12.1 Å². The first-order chi connectivity index (χ1) is 12.0. The van der Waals surface area contributed by atoms with Crippen molar-refractivity contribution >= 4 is 40.6 Å². The summed E-state index contributed by atoms with van der Waals surface area (Å²) < 4.78 is 0. The number of amides is 1. The number of halogens is 2. The van der Waals surface area contributed by atoms with Crippen LogP contribution in [0.1, 0.15) is 43.0 Å². The predicted octanol–water partition coefficient (Wildman–Crippen LogP) is 5.63. The molecular formula is C19H21Cl2N3O. The van der Waals surface area contributed by atoms with Crippen LogP contribution >= 0.6 is 23.2 Å². The number of carbonyl (C=O) groups excluding carboxylic acids is 1. The van der Waals surface area contributed by atoms with Crippen LogP contribution in [0.2, 0.25) is 10.0 Å². The quantitative estimate of drug-likeness (QED) is 0.725. The van der Waals surface area contributed by atoms with Crippen molar-refractivity contribution in [3.05, 3.63) is 52.1 Å². The topological polar surface area (TPSA) is 54.0 Å². The van der Waals surface area contributed by atoms with E-state index in [9.17, 15) is 4.79 Å². The van der Waals surface area contributed by atoms with Gasteiger partial charge in [0.25, 0.3) is 5.91 Å². The number of benzene rings is 1. The van der Waals surface area contributed by atoms with E-state index in [2.05, 4.69) is 22.5 Å². The molecule has 2 atom stereocenters. The fourth-order valence-corrected chi connectivity index (χ4v) is 3.75. The summed E-state index contributed by atoms with van der Waals surface area (Å²) in [5, 5.41) is 6.92. The molecule has 1 aliphatic rings. The van der Waals surface area contributed by atoms with E-state index in [4.69, 9.17) is 23.2 Å². The highest BCUT2D eigenvalue weighted by Gasteiger charge is 2.21. The van der Waals surface area contributed by atoms with Crippen molar-refractivity contribution in [3.63, 3.8) is 0 Å². The SMILES string of the molecule is CC1CCCCC1Nc1ccc(NC(=O)c2c(Cl)cccc2Cl)cn1. The second-order valence-corrected chi connectivity index (χ2v) is 7.31. The zero-order chi connectivity index (χ0) is 17.8. The summed E-state index contributed by atoms with van der Waals surface area (Å²) in [4.78, 5) is 16.8. The van der Waals surface area contributed by atoms with Crippen molar-refractivity contribution in [3.8, 4) is 0 Å². The van der Waals surface area contributed by atoms with Gasteiger partial charge in [-0.2, -0.15) is 0 Å². The normalized spacial score (nSPS) is 20.1. The molecule has 2 N–H and O–H groups in total. The van der Waals surface area contributed by atoms with Gasteiger partial charge in [0.2, 0.25) is 0 Å². The standard InChI is InChI=1S/C19H21Cl2N3O/c1-12-5-2-3-8-16(12)24-17-10-9-13(11-22-17)23-19(25)18-14(20)6-4-7-15(18)21/h4,6-7,9-12,16H,2-3,5,8H2,1H3,(H,22,24)(H,23,25). The lowest BCUT2D eigenvalue weighted by Crippen LogP contribution is -2.30. The molecule has 2 aromatic rings. The number of carbonyl (C=O) groups is 1. The number of nitrogens with one attached hydrogen (secondary N) is 2. The smallest absolute Gasteiger partial charge is 0.258 e. The Bertz CT molecular complexity index is 729. The first kappa shape index (κ1) is 18.0. The van der Waals surface area contributed by atoms with Crippen LogP contribution in [-0.2, 0) is 0 Å². The monoisotopic (exact) mass is 377 g/mol. The van der Waals surface area contributed by atoms with Gasteiger partial charge in [-0.3, -0.25) is 4.79 Å². The van der Waals surface area contributed by atoms with Gasteiger partial charge in [0.15, 0.2) is 0 Å². The lowest BCUT2D eigenvalue weighted by Gasteiger charge is -2.29. The molecule has 1 aliphatic carbocycles. The van der Waals surface area contributed by atoms with Gasteiger partial charge < -0.3 is 10.6 Å². The zero-order valence-corrected chi connectivity index (χ0v) is 15.6. The Morgan fingerprint density at radius 2 is 1.84 bits per heavy atom. The molecule has 0 radical (unpaired) electrons. The highest BCUT2D eigenvalue weighted by Crippen LogP contribution is 2.27. The van der Waals surface area contributed by atoms with E-state index in [0.717, 1.165) is 5.82 Å². The van der Waals surface area contributed by atoms with E-state index >= 15 is 0 Å². The highest BCUT2D eigenvalue weighted by molar-refractivity contribution is 6.40. The second kappa shape index (κ2) is 8.07. The van der Waals surface area contributed by atoms with Gasteiger partial charge in [0.05, 0.1) is 27.5 Å². The fourth-order valence-electron chi connectivity index (χ4n) is 3.18. The van der Waals surface area contributed by atoms with Crippen LogP contribution in [0.15, 0.2) is 36.5 Å². The molecule has 0 spiro atoms. The summed E-state index contributed by atoms with van der Waals surface area (Å²) in [5.41, 5.74) is 0.868. The van der Waals surface area contributed by atoms with Crippen molar-refractivity contribution in [2.75, 3.05) is 10.6 Å². The number of hydrogen-bond donors (Lipinski definition) is 2. The van der Waals surface area contributed by atoms with Gasteiger partial charge in [-0.25, -0.2) is 4.98 Å². The molecule has 0 saturated heterocycles. The Morgan fingerprint density at radius 3 is 2.48 bits per heavy atom. The third-order valence-corrected chi connectivity index (χ3v) is 5.29. The van der Waals surface area contributed by atoms with E-state index in [1.54, 1.807) is 24.4 Å². The molecule has 25 heavy (non-hydrogen) atoms. The minimum absolute atomic E-state index is 0.268. The number of anilines is 2. The maximum absolute atomic E-state index is 12.4. The van der Waals surface area contributed by atoms with E-state index in [0.29, 0.717) is 27.7 Å². The first-order valence-corrected chi connectivity index (χ1v) is 9.28. The predicted molar refractivity (Wildman–Crippen MR) is 104 cm³/mol. The van der Waals surface area contributed by atoms with Crippen LogP contribution in [0.5, 0.6) is 0 Å². The molecule has 1 aromatic carbocycles. The van der Waals surface area contributed by atoms with Crippen molar-refractivity contribution in [2.45, 2.75) is 38.6 Å².